The summed E-state index contributed by atoms with van der Waals surface area (Å²) in [4.78, 5) is 136. The van der Waals surface area contributed by atoms with Gasteiger partial charge in [0.05, 0.1) is 97.2 Å². The first kappa shape index (κ1) is 94.8. The highest BCUT2D eigenvalue weighted by Crippen LogP contribution is 2.49. The Hall–Kier alpha value is -6.38. The Labute approximate surface area is 686 Å². The number of likely N-dealkylation sites (tertiary alicyclic amines) is 5. The summed E-state index contributed by atoms with van der Waals surface area (Å²) in [5.74, 6) is 3.05. The number of benzene rings is 1. The highest BCUT2D eigenvalue weighted by Gasteiger charge is 2.53. The molecular formula is C93H151N5O16. The van der Waals surface area contributed by atoms with Crippen LogP contribution in [-0.4, -0.2) is 194 Å². The van der Waals surface area contributed by atoms with E-state index < -0.39 is 0 Å². The summed E-state index contributed by atoms with van der Waals surface area (Å²) in [6, 6.07) is 11.1. The normalized spacial score (nSPS) is 26.4. The molecule has 1 aromatic rings. The number of amides is 5. The average molecular weight is 1600 g/mol. The van der Waals surface area contributed by atoms with Crippen LogP contribution in [0.15, 0.2) is 36.4 Å². The van der Waals surface area contributed by atoms with Gasteiger partial charge in [0.25, 0.3) is 0 Å². The number of esters is 5. The Bertz CT molecular complexity index is 3240. The van der Waals surface area contributed by atoms with E-state index in [-0.39, 0.29) is 157 Å². The molecule has 10 aliphatic rings. The Morgan fingerprint density at radius 3 is 1.07 bits per heavy atom. The molecule has 0 N–H and O–H groups in total. The Morgan fingerprint density at radius 1 is 0.377 bits per heavy atom. The van der Waals surface area contributed by atoms with Crippen LogP contribution < -0.4 is 0 Å². The molecule has 1 aromatic carbocycles. The zero-order chi connectivity index (χ0) is 84.3. The fourth-order valence-electron chi connectivity index (χ4n) is 21.2. The van der Waals surface area contributed by atoms with Crippen LogP contribution in [0.25, 0.3) is 0 Å². The fourth-order valence-corrected chi connectivity index (χ4v) is 21.2. The molecule has 16 atom stereocenters. The molecule has 114 heavy (non-hydrogen) atoms. The van der Waals surface area contributed by atoms with Crippen LogP contribution in [-0.2, 0) is 89.2 Å². The largest absolute Gasteiger partial charge is 0.469 e. The zero-order valence-electron chi connectivity index (χ0n) is 74.1. The predicted molar refractivity (Wildman–Crippen MR) is 443 cm³/mol. The molecule has 5 amide bonds. The van der Waals surface area contributed by atoms with Crippen LogP contribution in [0.1, 0.15) is 263 Å². The number of ether oxygens (including phenoxy) is 6. The van der Waals surface area contributed by atoms with E-state index in [9.17, 15) is 47.9 Å². The summed E-state index contributed by atoms with van der Waals surface area (Å²) in [5, 5.41) is 0. The topological polar surface area (TPSA) is 242 Å². The molecule has 21 nitrogen and oxygen atoms in total. The second-order valence-electron chi connectivity index (χ2n) is 37.9. The van der Waals surface area contributed by atoms with Crippen molar-refractivity contribution in [1.82, 2.24) is 24.5 Å². The molecule has 6 heterocycles. The van der Waals surface area contributed by atoms with Crippen molar-refractivity contribution >= 4 is 59.4 Å². The van der Waals surface area contributed by atoms with Crippen LogP contribution in [0, 0.1) is 107 Å². The Balaban J connectivity index is 0.000000198. The molecule has 3 unspecified atom stereocenters. The van der Waals surface area contributed by atoms with E-state index in [4.69, 9.17) is 28.4 Å². The maximum Gasteiger partial charge on any atom is 0.306 e. The van der Waals surface area contributed by atoms with Gasteiger partial charge in [-0.05, 0) is 191 Å². The molecule has 0 radical (unpaired) electrons. The standard InChI is InChI=1S/C21H29NO3.C20H33NO4.2C18H31NO3.C16H27NO3/c1-14(2)19-9-6-10-22(19)21(24)18(13-20(23)25-3)17-11-15-7-4-5-8-16(15)12-17;1-13(2)18-11-15-5-4-6-17(15)21(18)20(23)16(12-19(22)24-3)14-7-9-25-10-8-14;2*1-11(2)14(10-17(20)22-5)18(21)19-15-8-6-7-13(15)9-16(19)12(3)4;1-10(2)13(8-15(18)20-6)16(19)17-9-12(5)7-14(17)11(3)4/h4-5,7-8,14,17-19H,6,9-13H2,1-3H3;13-18H,4-12H2,1-3H3;2*11-16H,6-10H2,1-5H3;10-11,13-14H,5,7-9H2,1-4,6H3/t18-,19-;15?,16-,17-,18-;2*13?,14-,15-,16-;13-,14-/m00000/s1. The monoisotopic (exact) mass is 1590 g/mol. The number of hydrogen-bond acceptors (Lipinski definition) is 16. The number of hydrogen-bond donors (Lipinski definition) is 0. The van der Waals surface area contributed by atoms with Crippen molar-refractivity contribution in [1.29, 1.82) is 0 Å². The van der Waals surface area contributed by atoms with Gasteiger partial charge >= 0.3 is 29.8 Å². The maximum absolute atomic E-state index is 13.6. The quantitative estimate of drug-likeness (QED) is 0.0502. The second kappa shape index (κ2) is 44.4. The third-order valence-electron chi connectivity index (χ3n) is 28.0. The lowest BCUT2D eigenvalue weighted by Crippen LogP contribution is -2.49. The first-order valence-corrected chi connectivity index (χ1v) is 44.3. The number of nitrogens with zero attached hydrogens (tertiary/aromatic N) is 5. The van der Waals surface area contributed by atoms with Crippen molar-refractivity contribution < 1.29 is 76.4 Å². The van der Waals surface area contributed by atoms with E-state index in [1.54, 1.807) is 0 Å². The molecule has 3 saturated carbocycles. The number of fused-ring (bicyclic) bond motifs is 4. The number of methoxy groups -OCH3 is 5. The molecule has 6 aliphatic heterocycles. The highest BCUT2D eigenvalue weighted by atomic mass is 16.5. The highest BCUT2D eigenvalue weighted by molar-refractivity contribution is 5.88. The van der Waals surface area contributed by atoms with Crippen molar-refractivity contribution in [3.05, 3.63) is 47.5 Å². The van der Waals surface area contributed by atoms with E-state index in [0.717, 1.165) is 95.6 Å². The minimum Gasteiger partial charge on any atom is -0.469 e. The predicted octanol–water partition coefficient (Wildman–Crippen LogP) is 15.4. The summed E-state index contributed by atoms with van der Waals surface area (Å²) in [5.41, 5.74) is 3.73. The van der Waals surface area contributed by atoms with Crippen molar-refractivity contribution in [3.8, 4) is 0 Å². The summed E-state index contributed by atoms with van der Waals surface area (Å²) >= 11 is 0. The molecule has 0 spiro atoms. The van der Waals surface area contributed by atoms with E-state index in [1.807, 2.05) is 63.5 Å². The van der Waals surface area contributed by atoms with Gasteiger partial charge in [0.15, 0.2) is 0 Å². The van der Waals surface area contributed by atoms with Crippen LogP contribution in [0.5, 0.6) is 0 Å². The lowest BCUT2D eigenvalue weighted by Gasteiger charge is -2.38. The number of rotatable bonds is 25. The third kappa shape index (κ3) is 24.2. The van der Waals surface area contributed by atoms with Crippen molar-refractivity contribution in [2.75, 3.05) is 61.9 Å². The fraction of sp³-hybridized carbons (Fsp3) is 0.806. The summed E-state index contributed by atoms with van der Waals surface area (Å²) in [7, 11) is 6.96. The van der Waals surface area contributed by atoms with Crippen LogP contribution in [0.2, 0.25) is 0 Å². The van der Waals surface area contributed by atoms with Gasteiger partial charge in [-0.2, -0.15) is 0 Å². The number of carbonyl (C=O) groups excluding carboxylic acids is 10. The van der Waals surface area contributed by atoms with Gasteiger partial charge in [0.1, 0.15) is 0 Å². The Kier molecular flexibility index (Phi) is 36.9. The van der Waals surface area contributed by atoms with E-state index >= 15 is 0 Å². The SMILES string of the molecule is C=C1C[C@@H](C(C)C)N(C(=O)[C@@H](CC(=O)OC)C(C)C)C1.COC(=O)C[C@H](C(=O)N1CCC[C@H]1C(C)C)C1Cc2ccccc2C1.COC(=O)C[C@H](C(=O)N1[C@H](C(C)C)CC2CCC[C@@H]21)C(C)C.COC(=O)C[C@H](C(=O)N1[C@H](C(C)C)CC2CCC[C@@H]21)C(C)C.COC(=O)C[C@H](C(=O)N1[C@H](C(C)C)CC2CCC[C@@H]21)C1CCOCC1. The lowest BCUT2D eigenvalue weighted by atomic mass is 9.82. The maximum atomic E-state index is 13.6. The Morgan fingerprint density at radius 2 is 0.719 bits per heavy atom. The van der Waals surface area contributed by atoms with Crippen LogP contribution >= 0.6 is 0 Å². The van der Waals surface area contributed by atoms with Crippen molar-refractivity contribution in [2.24, 2.45) is 107 Å². The summed E-state index contributed by atoms with van der Waals surface area (Å²) in [6.07, 6.45) is 21.6. The van der Waals surface area contributed by atoms with Crippen molar-refractivity contribution in [3.63, 3.8) is 0 Å². The molecule has 9 fully saturated rings. The number of carbonyl (C=O) groups is 10. The minimum absolute atomic E-state index is 0.0581. The van der Waals surface area contributed by atoms with Gasteiger partial charge in [-0.15, -0.1) is 0 Å². The summed E-state index contributed by atoms with van der Waals surface area (Å²) < 4.78 is 29.6. The third-order valence-corrected chi connectivity index (χ3v) is 28.0. The second-order valence-corrected chi connectivity index (χ2v) is 37.9. The molecule has 4 aliphatic carbocycles. The van der Waals surface area contributed by atoms with Gasteiger partial charge in [0, 0.05) is 74.6 Å². The average Bonchev–Trinajstić information content (AvgIpc) is 1.62. The van der Waals surface area contributed by atoms with Gasteiger partial charge < -0.3 is 52.9 Å². The molecule has 0 bridgehead atoms. The van der Waals surface area contributed by atoms with Crippen LogP contribution in [0.4, 0.5) is 0 Å². The van der Waals surface area contributed by atoms with E-state index in [0.29, 0.717) is 109 Å². The van der Waals surface area contributed by atoms with E-state index in [1.165, 1.54) is 85.2 Å². The van der Waals surface area contributed by atoms with Crippen LogP contribution in [0.3, 0.4) is 0 Å². The smallest absolute Gasteiger partial charge is 0.306 e. The van der Waals surface area contributed by atoms with Gasteiger partial charge in [-0.25, -0.2) is 0 Å². The van der Waals surface area contributed by atoms with Crippen molar-refractivity contribution in [2.45, 2.75) is 313 Å². The van der Waals surface area contributed by atoms with Gasteiger partial charge in [-0.3, -0.25) is 47.9 Å². The first-order chi connectivity index (χ1) is 54.0. The molecule has 6 saturated heterocycles. The van der Waals surface area contributed by atoms with Gasteiger partial charge in [0.2, 0.25) is 29.5 Å². The molecule has 11 rings (SSSR count). The minimum atomic E-state index is -0.323. The molecule has 644 valence electrons. The summed E-state index contributed by atoms with van der Waals surface area (Å²) in [6.45, 7) is 40.7. The lowest BCUT2D eigenvalue weighted by molar-refractivity contribution is -0.151. The molecule has 0 aromatic heterocycles. The van der Waals surface area contributed by atoms with Gasteiger partial charge in [-0.1, -0.05) is 166 Å². The molecule has 21 heteroatoms. The molecular weight excluding hydrogens is 1440 g/mol. The first-order valence-electron chi connectivity index (χ1n) is 44.3. The van der Waals surface area contributed by atoms with E-state index in [2.05, 4.69) is 103 Å². The zero-order valence-corrected chi connectivity index (χ0v) is 74.1.